The van der Waals surface area contributed by atoms with Gasteiger partial charge in [-0.2, -0.15) is 0 Å². The highest BCUT2D eigenvalue weighted by molar-refractivity contribution is 5.97. The Morgan fingerprint density at radius 1 is 1.37 bits per heavy atom. The number of fused-ring (bicyclic) bond motifs is 1. The van der Waals surface area contributed by atoms with E-state index in [9.17, 15) is 4.79 Å². The molecule has 2 aromatic rings. The van der Waals surface area contributed by atoms with Crippen LogP contribution >= 0.6 is 0 Å². The lowest BCUT2D eigenvalue weighted by Crippen LogP contribution is -2.28. The molecular formula is C21H24N4O2. The van der Waals surface area contributed by atoms with Gasteiger partial charge in [0.15, 0.2) is 0 Å². The normalized spacial score (nSPS) is 19.3. The summed E-state index contributed by atoms with van der Waals surface area (Å²) in [6.45, 7) is 4.42. The van der Waals surface area contributed by atoms with Gasteiger partial charge in [0, 0.05) is 12.7 Å². The van der Waals surface area contributed by atoms with Crippen LogP contribution in [0.25, 0.3) is 0 Å². The van der Waals surface area contributed by atoms with E-state index in [-0.39, 0.29) is 24.5 Å². The van der Waals surface area contributed by atoms with E-state index >= 15 is 0 Å². The number of carbonyl (C=O) groups is 1. The first-order chi connectivity index (χ1) is 13.2. The summed E-state index contributed by atoms with van der Waals surface area (Å²) in [4.78, 5) is 21.3. The second-order valence-electron chi connectivity index (χ2n) is 7.06. The van der Waals surface area contributed by atoms with Crippen molar-refractivity contribution in [2.24, 2.45) is 4.99 Å². The zero-order chi connectivity index (χ0) is 18.6. The number of amides is 1. The van der Waals surface area contributed by atoms with E-state index in [1.807, 2.05) is 43.3 Å². The van der Waals surface area contributed by atoms with Crippen LogP contribution in [0.15, 0.2) is 47.6 Å². The molecule has 4 rings (SSSR count). The number of aromatic nitrogens is 1. The second kappa shape index (κ2) is 7.88. The number of hydrogen-bond donors (Lipinski definition) is 2. The Bertz CT molecular complexity index is 845. The number of ether oxygens (including phenoxy) is 1. The van der Waals surface area contributed by atoms with Gasteiger partial charge in [-0.3, -0.25) is 9.78 Å². The highest BCUT2D eigenvalue weighted by Gasteiger charge is 2.24. The second-order valence-corrected chi connectivity index (χ2v) is 7.06. The summed E-state index contributed by atoms with van der Waals surface area (Å²) < 4.78 is 5.99. The van der Waals surface area contributed by atoms with Gasteiger partial charge >= 0.3 is 0 Å². The van der Waals surface area contributed by atoms with Crippen molar-refractivity contribution in [1.82, 2.24) is 15.6 Å². The maximum atomic E-state index is 12.4. The molecule has 6 heteroatoms. The van der Waals surface area contributed by atoms with Crippen molar-refractivity contribution in [3.8, 4) is 0 Å². The van der Waals surface area contributed by atoms with E-state index in [0.717, 1.165) is 41.9 Å². The fourth-order valence-corrected chi connectivity index (χ4v) is 3.48. The average Bonchev–Trinajstić information content (AvgIpc) is 3.33. The predicted octanol–water partition coefficient (Wildman–Crippen LogP) is 2.14. The van der Waals surface area contributed by atoms with Crippen LogP contribution in [0.1, 0.15) is 41.8 Å². The van der Waals surface area contributed by atoms with Gasteiger partial charge in [-0.25, -0.2) is 4.99 Å². The molecule has 1 unspecified atom stereocenters. The fraction of sp³-hybridized carbons (Fsp3) is 0.381. The largest absolute Gasteiger partial charge is 0.473 e. The molecular weight excluding hydrogens is 340 g/mol. The van der Waals surface area contributed by atoms with Gasteiger partial charge in [0.2, 0.25) is 11.8 Å². The first-order valence-electron chi connectivity index (χ1n) is 9.43. The zero-order valence-corrected chi connectivity index (χ0v) is 15.4. The molecule has 1 aromatic carbocycles. The summed E-state index contributed by atoms with van der Waals surface area (Å²) >= 11 is 0. The lowest BCUT2D eigenvalue weighted by Gasteiger charge is -2.14. The van der Waals surface area contributed by atoms with Crippen LogP contribution in [-0.2, 0) is 22.5 Å². The number of hydrogen-bond acceptors (Lipinski definition) is 5. The number of nitrogens with zero attached hydrogens (tertiary/aromatic N) is 2. The summed E-state index contributed by atoms with van der Waals surface area (Å²) in [6, 6.07) is 11.9. The minimum absolute atomic E-state index is 0.0310. The molecule has 1 saturated heterocycles. The van der Waals surface area contributed by atoms with Gasteiger partial charge in [0.05, 0.1) is 30.3 Å². The van der Waals surface area contributed by atoms with Crippen molar-refractivity contribution in [2.45, 2.75) is 38.5 Å². The fourth-order valence-electron chi connectivity index (χ4n) is 3.48. The maximum Gasteiger partial charge on any atom is 0.226 e. The molecule has 1 amide bonds. The Kier molecular flexibility index (Phi) is 5.16. The van der Waals surface area contributed by atoms with Crippen LogP contribution in [0, 0.1) is 0 Å². The van der Waals surface area contributed by atoms with Crippen molar-refractivity contribution in [3.63, 3.8) is 0 Å². The lowest BCUT2D eigenvalue weighted by atomic mass is 10.1. The SMILES string of the molecule is C[C@@H](NC(=O)Cc1cc2c(cn1)C(OC1CCNC1)=NC2)c1ccccc1. The molecule has 6 nitrogen and oxygen atoms in total. The van der Waals surface area contributed by atoms with Gasteiger partial charge in [-0.15, -0.1) is 0 Å². The number of nitrogens with one attached hydrogen (secondary N) is 2. The van der Waals surface area contributed by atoms with Gasteiger partial charge in [-0.1, -0.05) is 30.3 Å². The molecule has 0 aliphatic carbocycles. The van der Waals surface area contributed by atoms with Crippen LogP contribution in [-0.4, -0.2) is 36.0 Å². The van der Waals surface area contributed by atoms with Crippen LogP contribution in [0.3, 0.4) is 0 Å². The first kappa shape index (κ1) is 17.7. The van der Waals surface area contributed by atoms with Crippen molar-refractivity contribution >= 4 is 11.8 Å². The standard InChI is InChI=1S/C21H24N4O2/c1-14(15-5-3-2-4-6-15)25-20(26)10-17-9-16-11-24-21(19(16)13-23-17)27-18-7-8-22-12-18/h2-6,9,13-14,18,22H,7-8,10-12H2,1H3,(H,25,26)/t14-,18?/m1/s1. The summed E-state index contributed by atoms with van der Waals surface area (Å²) in [5, 5.41) is 6.32. The number of aliphatic imine (C=N–C) groups is 1. The molecule has 2 aliphatic rings. The molecule has 0 saturated carbocycles. The van der Waals surface area contributed by atoms with Crippen molar-refractivity contribution in [1.29, 1.82) is 0 Å². The number of benzene rings is 1. The molecule has 1 fully saturated rings. The van der Waals surface area contributed by atoms with Crippen molar-refractivity contribution < 1.29 is 9.53 Å². The van der Waals surface area contributed by atoms with Gasteiger partial charge in [0.25, 0.3) is 0 Å². The van der Waals surface area contributed by atoms with E-state index in [4.69, 9.17) is 4.74 Å². The third-order valence-electron chi connectivity index (χ3n) is 4.98. The monoisotopic (exact) mass is 364 g/mol. The molecule has 0 radical (unpaired) electrons. The van der Waals surface area contributed by atoms with E-state index in [0.29, 0.717) is 12.4 Å². The van der Waals surface area contributed by atoms with E-state index in [1.54, 1.807) is 6.20 Å². The molecule has 2 aliphatic heterocycles. The Balaban J connectivity index is 1.36. The number of rotatable bonds is 5. The maximum absolute atomic E-state index is 12.4. The molecule has 2 N–H and O–H groups in total. The molecule has 0 bridgehead atoms. The van der Waals surface area contributed by atoms with Crippen LogP contribution in [0.5, 0.6) is 0 Å². The highest BCUT2D eigenvalue weighted by Crippen LogP contribution is 2.22. The average molecular weight is 364 g/mol. The van der Waals surface area contributed by atoms with Gasteiger partial charge in [-0.05, 0) is 37.1 Å². The summed E-state index contributed by atoms with van der Waals surface area (Å²) in [6.07, 6.45) is 3.22. The smallest absolute Gasteiger partial charge is 0.226 e. The van der Waals surface area contributed by atoms with Crippen molar-refractivity contribution in [2.75, 3.05) is 13.1 Å². The van der Waals surface area contributed by atoms with Crippen LogP contribution in [0.2, 0.25) is 0 Å². The van der Waals surface area contributed by atoms with E-state index in [1.165, 1.54) is 0 Å². The Labute approximate surface area is 159 Å². The van der Waals surface area contributed by atoms with Gasteiger partial charge < -0.3 is 15.4 Å². The molecule has 2 atom stereocenters. The Hall–Kier alpha value is -2.73. The summed E-state index contributed by atoms with van der Waals surface area (Å²) in [5.41, 5.74) is 3.86. The predicted molar refractivity (Wildman–Crippen MR) is 104 cm³/mol. The lowest BCUT2D eigenvalue weighted by molar-refractivity contribution is -0.121. The van der Waals surface area contributed by atoms with Crippen LogP contribution < -0.4 is 10.6 Å². The number of carbonyl (C=O) groups excluding carboxylic acids is 1. The first-order valence-corrected chi connectivity index (χ1v) is 9.43. The summed E-state index contributed by atoms with van der Waals surface area (Å²) in [7, 11) is 0. The minimum atomic E-state index is -0.0359. The van der Waals surface area contributed by atoms with Gasteiger partial charge in [0.1, 0.15) is 6.10 Å². The highest BCUT2D eigenvalue weighted by atomic mass is 16.5. The summed E-state index contributed by atoms with van der Waals surface area (Å²) in [5.74, 6) is 0.645. The quantitative estimate of drug-likeness (QED) is 0.852. The van der Waals surface area contributed by atoms with Crippen LogP contribution in [0.4, 0.5) is 0 Å². The molecule has 140 valence electrons. The Morgan fingerprint density at radius 3 is 3.00 bits per heavy atom. The van der Waals surface area contributed by atoms with Crippen molar-refractivity contribution in [3.05, 3.63) is 65.0 Å². The topological polar surface area (TPSA) is 75.6 Å². The minimum Gasteiger partial charge on any atom is -0.473 e. The zero-order valence-electron chi connectivity index (χ0n) is 15.4. The third-order valence-corrected chi connectivity index (χ3v) is 4.98. The Morgan fingerprint density at radius 2 is 2.22 bits per heavy atom. The van der Waals surface area contributed by atoms with E-state index in [2.05, 4.69) is 20.6 Å². The van der Waals surface area contributed by atoms with E-state index < -0.39 is 0 Å². The molecule has 0 spiro atoms. The molecule has 1 aromatic heterocycles. The molecule has 27 heavy (non-hydrogen) atoms. The number of pyridine rings is 1. The molecule has 3 heterocycles. The third kappa shape index (κ3) is 4.17.